The maximum atomic E-state index is 4.53. The standard InChI is InChI=1S/C55H38N3/c1-35-11-12-40(29-47(35)27-36(2)53-10-6-26-57-53)44-19-23-51-52-24-20-45-28-42(41-15-13-38-14-16-43(31-48(38)30-41)46-9-5-25-56-34-46)18-22-50(45)55(52)58(54(51)33-44)49-21-17-37-7-3-4-8-39(37)32-49/h3-34H,1-2H3/q+1/b36-27+. The summed E-state index contributed by atoms with van der Waals surface area (Å²) < 4.78 is 7.01. The number of hydrogen-bond acceptors (Lipinski definition) is 1. The number of rotatable bonds is 6. The molecule has 1 aliphatic rings. The lowest BCUT2D eigenvalue weighted by Gasteiger charge is -2.13. The Hall–Kier alpha value is -7.58. The van der Waals surface area contributed by atoms with E-state index in [1.165, 1.54) is 93.1 Å². The minimum atomic E-state index is 1.01. The molecule has 10 aromatic rings. The second-order valence-electron chi connectivity index (χ2n) is 15.4. The quantitative estimate of drug-likeness (QED) is 0.156. The van der Waals surface area contributed by atoms with E-state index in [1.54, 1.807) is 0 Å². The first kappa shape index (κ1) is 33.7. The molecule has 1 aliphatic heterocycles. The molecule has 58 heavy (non-hydrogen) atoms. The summed E-state index contributed by atoms with van der Waals surface area (Å²) in [6.45, 7) is 4.32. The van der Waals surface area contributed by atoms with Crippen LogP contribution < -0.4 is 4.67 Å². The molecule has 0 aliphatic carbocycles. The lowest BCUT2D eigenvalue weighted by atomic mass is 9.96. The first-order chi connectivity index (χ1) is 28.5. The van der Waals surface area contributed by atoms with Crippen LogP contribution in [0.1, 0.15) is 18.1 Å². The van der Waals surface area contributed by atoms with Gasteiger partial charge in [0, 0.05) is 57.5 Å². The highest BCUT2D eigenvalue weighted by Crippen LogP contribution is 2.40. The van der Waals surface area contributed by atoms with Gasteiger partial charge in [-0.1, -0.05) is 114 Å². The van der Waals surface area contributed by atoms with Crippen LogP contribution in [-0.2, 0) is 0 Å². The molecule has 0 unspecified atom stereocenters. The van der Waals surface area contributed by atoms with E-state index in [-0.39, 0.29) is 0 Å². The highest BCUT2D eigenvalue weighted by molar-refractivity contribution is 6.20. The average molecular weight is 741 g/mol. The summed E-state index contributed by atoms with van der Waals surface area (Å²) in [6, 6.07) is 58.4. The van der Waals surface area contributed by atoms with Crippen LogP contribution in [-0.4, -0.2) is 21.5 Å². The molecule has 0 spiro atoms. The van der Waals surface area contributed by atoms with Crippen LogP contribution in [0.5, 0.6) is 0 Å². The molecular formula is C55H38N3+. The van der Waals surface area contributed by atoms with Crippen LogP contribution in [0.25, 0.3) is 99.3 Å². The van der Waals surface area contributed by atoms with Gasteiger partial charge in [0.2, 0.25) is 0 Å². The number of fused-ring (bicyclic) bond motifs is 7. The maximum absolute atomic E-state index is 4.53. The van der Waals surface area contributed by atoms with Crippen molar-refractivity contribution < 1.29 is 0 Å². The van der Waals surface area contributed by atoms with Crippen molar-refractivity contribution in [2.45, 2.75) is 13.8 Å². The van der Waals surface area contributed by atoms with Crippen molar-refractivity contribution in [1.82, 2.24) is 14.2 Å². The first-order valence-corrected chi connectivity index (χ1v) is 19.9. The van der Waals surface area contributed by atoms with Gasteiger partial charge in [-0.05, 0) is 134 Å². The SMILES string of the molecule is C/C(=C\c1cc(-c2ccc3c4ccc5cc(-c6ccc7ccc(-c8cccnc8)cc7c6)ccc5c4n(-c4ccc5ccccc5c4)c3c2)ccc1C)C1=[N+]=CC=C1. The van der Waals surface area contributed by atoms with Crippen LogP contribution in [0.15, 0.2) is 188 Å². The Morgan fingerprint density at radius 2 is 1.21 bits per heavy atom. The molecule has 3 heterocycles. The number of allylic oxidation sites excluding steroid dienone is 3. The Balaban J connectivity index is 1.08. The van der Waals surface area contributed by atoms with E-state index in [4.69, 9.17) is 0 Å². The van der Waals surface area contributed by atoms with Gasteiger partial charge in [-0.3, -0.25) is 4.98 Å². The largest absolute Gasteiger partial charge is 0.330 e. The minimum absolute atomic E-state index is 1.01. The van der Waals surface area contributed by atoms with E-state index in [2.05, 4.69) is 192 Å². The molecule has 0 atom stereocenters. The zero-order chi connectivity index (χ0) is 38.7. The molecule has 0 N–H and O–H groups in total. The van der Waals surface area contributed by atoms with Gasteiger partial charge in [-0.25, -0.2) is 0 Å². The molecule has 3 nitrogen and oxygen atoms in total. The van der Waals surface area contributed by atoms with Crippen LogP contribution >= 0.6 is 0 Å². The van der Waals surface area contributed by atoms with Gasteiger partial charge in [-0.15, -0.1) is 0 Å². The Morgan fingerprint density at radius 3 is 2.00 bits per heavy atom. The lowest BCUT2D eigenvalue weighted by Crippen LogP contribution is -1.97. The van der Waals surface area contributed by atoms with Gasteiger partial charge >= 0.3 is 5.71 Å². The fourth-order valence-electron chi connectivity index (χ4n) is 8.74. The van der Waals surface area contributed by atoms with Gasteiger partial charge in [0.25, 0.3) is 6.21 Å². The third kappa shape index (κ3) is 5.77. The maximum Gasteiger partial charge on any atom is 0.330 e. The van der Waals surface area contributed by atoms with Gasteiger partial charge in [-0.2, -0.15) is 0 Å². The number of aryl methyl sites for hydroxylation is 1. The van der Waals surface area contributed by atoms with Crippen LogP contribution in [0.2, 0.25) is 0 Å². The minimum Gasteiger partial charge on any atom is -0.309 e. The topological polar surface area (TPSA) is 31.9 Å². The van der Waals surface area contributed by atoms with Gasteiger partial charge in [0.15, 0.2) is 0 Å². The zero-order valence-electron chi connectivity index (χ0n) is 32.3. The van der Waals surface area contributed by atoms with Crippen LogP contribution in [0.4, 0.5) is 0 Å². The summed E-state index contributed by atoms with van der Waals surface area (Å²) in [5.74, 6) is 0. The molecule has 3 heteroatoms. The molecular weight excluding hydrogens is 703 g/mol. The molecule has 11 rings (SSSR count). The van der Waals surface area contributed by atoms with Crippen molar-refractivity contribution in [3.63, 3.8) is 0 Å². The smallest absolute Gasteiger partial charge is 0.309 e. The summed E-state index contributed by atoms with van der Waals surface area (Å²) in [7, 11) is 0. The summed E-state index contributed by atoms with van der Waals surface area (Å²) in [6.07, 6.45) is 11.9. The fourth-order valence-corrected chi connectivity index (χ4v) is 8.74. The number of aromatic nitrogens is 2. The second kappa shape index (κ2) is 13.6. The van der Waals surface area contributed by atoms with E-state index >= 15 is 0 Å². The van der Waals surface area contributed by atoms with E-state index in [9.17, 15) is 0 Å². The number of pyridine rings is 1. The van der Waals surface area contributed by atoms with Crippen molar-refractivity contribution in [1.29, 1.82) is 0 Å². The van der Waals surface area contributed by atoms with E-state index in [0.717, 1.165) is 22.5 Å². The van der Waals surface area contributed by atoms with Gasteiger partial charge < -0.3 is 4.57 Å². The third-order valence-corrected chi connectivity index (χ3v) is 11.8. The van der Waals surface area contributed by atoms with Crippen LogP contribution in [0, 0.1) is 6.92 Å². The first-order valence-electron chi connectivity index (χ1n) is 19.9. The predicted octanol–water partition coefficient (Wildman–Crippen LogP) is 13.5. The molecule has 0 saturated carbocycles. The Morgan fingerprint density at radius 1 is 0.552 bits per heavy atom. The molecule has 0 fully saturated rings. The summed E-state index contributed by atoms with van der Waals surface area (Å²) in [5.41, 5.74) is 15.2. The van der Waals surface area contributed by atoms with E-state index < -0.39 is 0 Å². The summed E-state index contributed by atoms with van der Waals surface area (Å²) in [5, 5.41) is 9.82. The lowest BCUT2D eigenvalue weighted by molar-refractivity contribution is 1.19. The number of nitrogens with zero attached hydrogens (tertiary/aromatic N) is 3. The fraction of sp³-hybridized carbons (Fsp3) is 0.0364. The summed E-state index contributed by atoms with van der Waals surface area (Å²) >= 11 is 0. The molecule has 272 valence electrons. The van der Waals surface area contributed by atoms with Crippen LogP contribution in [0.3, 0.4) is 0 Å². The highest BCUT2D eigenvalue weighted by atomic mass is 15.0. The Kier molecular flexibility index (Phi) is 7.89. The number of hydrogen-bond donors (Lipinski definition) is 0. The van der Waals surface area contributed by atoms with E-state index in [0.29, 0.717) is 0 Å². The number of benzene rings is 8. The molecule has 2 aromatic heterocycles. The van der Waals surface area contributed by atoms with Crippen molar-refractivity contribution in [3.05, 3.63) is 199 Å². The molecule has 0 bridgehead atoms. The van der Waals surface area contributed by atoms with Gasteiger partial charge in [0.1, 0.15) is 0 Å². The van der Waals surface area contributed by atoms with Crippen molar-refractivity contribution in [2.24, 2.45) is 0 Å². The zero-order valence-corrected chi connectivity index (χ0v) is 32.3. The van der Waals surface area contributed by atoms with Gasteiger partial charge in [0.05, 0.1) is 11.0 Å². The Bertz CT molecular complexity index is 3450. The van der Waals surface area contributed by atoms with E-state index in [1.807, 2.05) is 30.8 Å². The van der Waals surface area contributed by atoms with Crippen molar-refractivity contribution in [3.8, 4) is 39.1 Å². The third-order valence-electron chi connectivity index (χ3n) is 11.8. The average Bonchev–Trinajstić information content (AvgIpc) is 3.94. The molecule has 0 radical (unpaired) electrons. The second-order valence-corrected chi connectivity index (χ2v) is 15.4. The molecule has 8 aromatic carbocycles. The highest BCUT2D eigenvalue weighted by Gasteiger charge is 2.18. The van der Waals surface area contributed by atoms with Crippen molar-refractivity contribution in [2.75, 3.05) is 0 Å². The predicted molar refractivity (Wildman–Crippen MR) is 248 cm³/mol. The molecule has 0 saturated heterocycles. The Labute approximate surface area is 336 Å². The summed E-state index contributed by atoms with van der Waals surface area (Å²) in [4.78, 5) is 4.34. The monoisotopic (exact) mass is 740 g/mol. The van der Waals surface area contributed by atoms with Crippen molar-refractivity contribution >= 4 is 72.1 Å². The normalized spacial score (nSPS) is 12.8. The molecule has 0 amide bonds.